The summed E-state index contributed by atoms with van der Waals surface area (Å²) in [6, 6.07) is -0.995. The Hall–Kier alpha value is -1.06. The van der Waals surface area contributed by atoms with E-state index < -0.39 is 38.6 Å². The zero-order valence-electron chi connectivity index (χ0n) is 35.1. The third-order valence-corrected chi connectivity index (χ3v) is 11.1. The quantitative estimate of drug-likeness (QED) is 0.0233. The van der Waals surface area contributed by atoms with Crippen molar-refractivity contribution in [2.75, 3.05) is 19.8 Å². The number of allylic oxidation sites excluding steroid dienone is 3. The summed E-state index contributed by atoms with van der Waals surface area (Å²) in [6.45, 7) is 3.96. The lowest BCUT2D eigenvalue weighted by Gasteiger charge is -2.24. The fraction of sp³-hybridized carbons (Fsp3) is 0.886. The van der Waals surface area contributed by atoms with Crippen LogP contribution in [0.5, 0.6) is 0 Å². The van der Waals surface area contributed by atoms with Gasteiger partial charge >= 0.3 is 7.82 Å². The molecule has 0 saturated carbocycles. The number of aliphatic hydroxyl groups is 2. The lowest BCUT2D eigenvalue weighted by atomic mass is 10.0. The maximum absolute atomic E-state index is 12.8. The fourth-order valence-electron chi connectivity index (χ4n) is 6.66. The molecule has 0 rings (SSSR count). The van der Waals surface area contributed by atoms with Gasteiger partial charge in [0, 0.05) is 6.54 Å². The van der Waals surface area contributed by atoms with E-state index in [0.29, 0.717) is 12.8 Å². The second-order valence-electron chi connectivity index (χ2n) is 15.4. The average Bonchev–Trinajstić information content (AvgIpc) is 3.15. The van der Waals surface area contributed by atoms with Crippen LogP contribution >= 0.6 is 7.82 Å². The first-order valence-electron chi connectivity index (χ1n) is 22.5. The molecule has 6 N–H and O–H groups in total. The molecule has 0 spiro atoms. The molecule has 9 nitrogen and oxygen atoms in total. The molecule has 0 bridgehead atoms. The molecule has 1 amide bonds. The van der Waals surface area contributed by atoms with Crippen LogP contribution in [0, 0.1) is 0 Å². The number of nitrogens with one attached hydrogen (secondary N) is 1. The van der Waals surface area contributed by atoms with E-state index in [1.807, 2.05) is 6.08 Å². The molecule has 10 heteroatoms. The SMILES string of the molecule is CCCCCCCCCCCCCCCC/C=C/CC/C=C/C(O)C(COP(=O)(O)OCCN)NC(=O)CC(O)CCCCCCCCCCCCCC. The van der Waals surface area contributed by atoms with Crippen molar-refractivity contribution in [1.82, 2.24) is 5.32 Å². The Balaban J connectivity index is 4.33. The maximum atomic E-state index is 12.8. The van der Waals surface area contributed by atoms with Crippen LogP contribution in [0.2, 0.25) is 0 Å². The summed E-state index contributed by atoms with van der Waals surface area (Å²) >= 11 is 0. The van der Waals surface area contributed by atoms with Gasteiger partial charge in [-0.2, -0.15) is 0 Å². The molecular formula is C44H87N2O7P. The Morgan fingerprint density at radius 2 is 1.06 bits per heavy atom. The molecule has 0 radical (unpaired) electrons. The van der Waals surface area contributed by atoms with E-state index in [9.17, 15) is 24.5 Å². The molecule has 0 saturated heterocycles. The highest BCUT2D eigenvalue weighted by Crippen LogP contribution is 2.43. The van der Waals surface area contributed by atoms with E-state index in [0.717, 1.165) is 32.1 Å². The number of phosphoric ester groups is 1. The Morgan fingerprint density at radius 1 is 0.630 bits per heavy atom. The molecule has 320 valence electrons. The normalized spacial score (nSPS) is 14.9. The molecule has 0 heterocycles. The van der Waals surface area contributed by atoms with Gasteiger partial charge in [-0.3, -0.25) is 13.8 Å². The van der Waals surface area contributed by atoms with Gasteiger partial charge in [-0.25, -0.2) is 4.57 Å². The van der Waals surface area contributed by atoms with Crippen LogP contribution in [0.15, 0.2) is 24.3 Å². The largest absolute Gasteiger partial charge is 0.472 e. The van der Waals surface area contributed by atoms with E-state index in [4.69, 9.17) is 14.8 Å². The van der Waals surface area contributed by atoms with E-state index in [2.05, 4.69) is 31.3 Å². The number of rotatable bonds is 42. The standard InChI is InChI=1S/C44H87N2O7P/c1-3-5-7-9-11-13-15-17-18-19-20-21-22-23-24-26-28-30-32-34-36-43(48)42(40-53-54(50,51)52-38-37-45)46-44(49)39-41(47)35-33-31-29-27-25-16-14-12-10-8-6-4-2/h26,28,34,36,41-43,47-48H,3-25,27,29-33,35,37-40,45H2,1-2H3,(H,46,49)(H,50,51)/b28-26+,36-34+. The Kier molecular flexibility index (Phi) is 39.4. The van der Waals surface area contributed by atoms with Gasteiger partial charge in [-0.1, -0.05) is 199 Å². The van der Waals surface area contributed by atoms with Gasteiger partial charge in [0.25, 0.3) is 0 Å². The van der Waals surface area contributed by atoms with Gasteiger partial charge in [0.15, 0.2) is 0 Å². The molecule has 4 atom stereocenters. The highest BCUT2D eigenvalue weighted by atomic mass is 31.2. The number of phosphoric acid groups is 1. The third kappa shape index (κ3) is 37.8. The number of unbranched alkanes of at least 4 members (excludes halogenated alkanes) is 26. The monoisotopic (exact) mass is 787 g/mol. The minimum Gasteiger partial charge on any atom is -0.393 e. The van der Waals surface area contributed by atoms with Crippen molar-refractivity contribution in [3.05, 3.63) is 24.3 Å². The van der Waals surface area contributed by atoms with Gasteiger partial charge in [-0.15, -0.1) is 0 Å². The Labute approximate surface area is 332 Å². The minimum absolute atomic E-state index is 0.0460. The minimum atomic E-state index is -4.40. The Bertz CT molecular complexity index is 919. The summed E-state index contributed by atoms with van der Waals surface area (Å²) < 4.78 is 22.1. The smallest absolute Gasteiger partial charge is 0.393 e. The predicted molar refractivity (Wildman–Crippen MR) is 227 cm³/mol. The van der Waals surface area contributed by atoms with Crippen molar-refractivity contribution < 1.29 is 33.5 Å². The molecule has 0 aliphatic carbocycles. The summed E-state index contributed by atoms with van der Waals surface area (Å²) in [4.78, 5) is 22.7. The average molecular weight is 787 g/mol. The van der Waals surface area contributed by atoms with Crippen LogP contribution in [-0.2, 0) is 18.4 Å². The molecular weight excluding hydrogens is 699 g/mol. The zero-order valence-corrected chi connectivity index (χ0v) is 36.0. The van der Waals surface area contributed by atoms with E-state index in [-0.39, 0.29) is 19.6 Å². The van der Waals surface area contributed by atoms with Crippen molar-refractivity contribution in [2.45, 2.75) is 231 Å². The topological polar surface area (TPSA) is 151 Å². The zero-order chi connectivity index (χ0) is 39.8. The summed E-state index contributed by atoms with van der Waals surface area (Å²) in [5.74, 6) is -0.454. The predicted octanol–water partition coefficient (Wildman–Crippen LogP) is 11.5. The number of carbonyl (C=O) groups is 1. The second-order valence-corrected chi connectivity index (χ2v) is 16.9. The second kappa shape index (κ2) is 40.1. The van der Waals surface area contributed by atoms with E-state index >= 15 is 0 Å². The van der Waals surface area contributed by atoms with Crippen molar-refractivity contribution in [1.29, 1.82) is 0 Å². The maximum Gasteiger partial charge on any atom is 0.472 e. The molecule has 0 aromatic carbocycles. The van der Waals surface area contributed by atoms with Gasteiger partial charge in [0.1, 0.15) is 0 Å². The molecule has 0 aliphatic rings. The number of aliphatic hydroxyl groups excluding tert-OH is 2. The molecule has 4 unspecified atom stereocenters. The summed E-state index contributed by atoms with van der Waals surface area (Å²) in [5.41, 5.74) is 5.36. The van der Waals surface area contributed by atoms with Gasteiger partial charge in [-0.05, 0) is 32.1 Å². The molecule has 0 fully saturated rings. The Morgan fingerprint density at radius 3 is 1.54 bits per heavy atom. The van der Waals surface area contributed by atoms with Crippen molar-refractivity contribution in [2.24, 2.45) is 5.73 Å². The first kappa shape index (κ1) is 52.9. The van der Waals surface area contributed by atoms with Gasteiger partial charge < -0.3 is 26.2 Å². The summed E-state index contributed by atoms with van der Waals surface area (Å²) in [6.07, 6.45) is 42.7. The van der Waals surface area contributed by atoms with Crippen molar-refractivity contribution in [3.63, 3.8) is 0 Å². The number of carbonyl (C=O) groups excluding carboxylic acids is 1. The number of amides is 1. The molecule has 0 aromatic heterocycles. The van der Waals surface area contributed by atoms with Gasteiger partial charge in [0.2, 0.25) is 5.91 Å². The third-order valence-electron chi connectivity index (χ3n) is 10.1. The lowest BCUT2D eigenvalue weighted by molar-refractivity contribution is -0.124. The van der Waals surface area contributed by atoms with E-state index in [1.54, 1.807) is 6.08 Å². The molecule has 0 aromatic rings. The number of hydrogen-bond donors (Lipinski definition) is 5. The summed E-state index contributed by atoms with van der Waals surface area (Å²) in [7, 11) is -4.40. The van der Waals surface area contributed by atoms with Crippen LogP contribution < -0.4 is 11.1 Å². The molecule has 54 heavy (non-hydrogen) atoms. The van der Waals surface area contributed by atoms with E-state index in [1.165, 1.54) is 148 Å². The van der Waals surface area contributed by atoms with Gasteiger partial charge in [0.05, 0.1) is 37.9 Å². The molecule has 0 aliphatic heterocycles. The highest BCUT2D eigenvalue weighted by molar-refractivity contribution is 7.47. The van der Waals surface area contributed by atoms with Crippen molar-refractivity contribution in [3.8, 4) is 0 Å². The first-order chi connectivity index (χ1) is 26.3. The van der Waals surface area contributed by atoms with Crippen molar-refractivity contribution >= 4 is 13.7 Å². The van der Waals surface area contributed by atoms with Crippen LogP contribution in [-0.4, -0.2) is 59.0 Å². The van der Waals surface area contributed by atoms with Crippen LogP contribution in [0.3, 0.4) is 0 Å². The highest BCUT2D eigenvalue weighted by Gasteiger charge is 2.27. The summed E-state index contributed by atoms with van der Waals surface area (Å²) in [5, 5.41) is 24.0. The number of nitrogens with two attached hydrogens (primary N) is 1. The fourth-order valence-corrected chi connectivity index (χ4v) is 7.42. The van der Waals surface area contributed by atoms with Crippen LogP contribution in [0.1, 0.15) is 213 Å². The first-order valence-corrected chi connectivity index (χ1v) is 24.0. The lowest BCUT2D eigenvalue weighted by Crippen LogP contribution is -2.46. The number of hydrogen-bond acceptors (Lipinski definition) is 7. The van der Waals surface area contributed by atoms with Crippen LogP contribution in [0.4, 0.5) is 0 Å². The van der Waals surface area contributed by atoms with Crippen LogP contribution in [0.25, 0.3) is 0 Å².